The van der Waals surface area contributed by atoms with Gasteiger partial charge in [0.15, 0.2) is 11.5 Å². The normalized spacial score (nSPS) is 15.7. The predicted octanol–water partition coefficient (Wildman–Crippen LogP) is 2.84. The van der Waals surface area contributed by atoms with Crippen LogP contribution in [0.2, 0.25) is 0 Å². The molecule has 0 fully saturated rings. The molecular weight excluding hydrogens is 376 g/mol. The van der Waals surface area contributed by atoms with Gasteiger partial charge in [-0.1, -0.05) is 17.7 Å². The molecule has 0 aromatic heterocycles. The standard InChI is InChI=1S/C18H11ClN2O6/c19-16-15(11-2-4-12(5-3-11)21(24)25)17(22)20(18(16)23)8-10-1-6-13-14(7-10)27-9-26-13/h1-7H,8-9H2. The number of nitro groups is 1. The van der Waals surface area contributed by atoms with Crippen LogP contribution in [-0.2, 0) is 16.1 Å². The Morgan fingerprint density at radius 2 is 1.74 bits per heavy atom. The summed E-state index contributed by atoms with van der Waals surface area (Å²) in [6.45, 7) is 0.138. The second-order valence-electron chi connectivity index (χ2n) is 5.88. The summed E-state index contributed by atoms with van der Waals surface area (Å²) >= 11 is 6.10. The highest BCUT2D eigenvalue weighted by molar-refractivity contribution is 6.55. The number of halogens is 1. The van der Waals surface area contributed by atoms with Crippen molar-refractivity contribution < 1.29 is 24.0 Å². The molecule has 0 spiro atoms. The molecule has 0 saturated carbocycles. The summed E-state index contributed by atoms with van der Waals surface area (Å²) < 4.78 is 10.5. The van der Waals surface area contributed by atoms with Gasteiger partial charge in [0.05, 0.1) is 17.0 Å². The summed E-state index contributed by atoms with van der Waals surface area (Å²) in [7, 11) is 0. The van der Waals surface area contributed by atoms with Crippen molar-refractivity contribution in [3.8, 4) is 11.5 Å². The van der Waals surface area contributed by atoms with Crippen LogP contribution in [0.25, 0.3) is 5.57 Å². The largest absolute Gasteiger partial charge is 0.454 e. The number of hydrogen-bond donors (Lipinski definition) is 0. The first-order valence-electron chi connectivity index (χ1n) is 7.85. The third-order valence-electron chi connectivity index (χ3n) is 4.26. The molecule has 4 rings (SSSR count). The van der Waals surface area contributed by atoms with Crippen molar-refractivity contribution in [2.75, 3.05) is 6.79 Å². The van der Waals surface area contributed by atoms with E-state index in [2.05, 4.69) is 0 Å². The lowest BCUT2D eigenvalue weighted by Crippen LogP contribution is -2.30. The quantitative estimate of drug-likeness (QED) is 0.455. The Hall–Kier alpha value is -3.39. The van der Waals surface area contributed by atoms with Gasteiger partial charge in [-0.2, -0.15) is 0 Å². The highest BCUT2D eigenvalue weighted by Gasteiger charge is 2.38. The number of carbonyl (C=O) groups excluding carboxylic acids is 2. The van der Waals surface area contributed by atoms with E-state index in [1.54, 1.807) is 18.2 Å². The van der Waals surface area contributed by atoms with Crippen LogP contribution in [0.3, 0.4) is 0 Å². The lowest BCUT2D eigenvalue weighted by Gasteiger charge is -2.15. The zero-order chi connectivity index (χ0) is 19.1. The predicted molar refractivity (Wildman–Crippen MR) is 94.0 cm³/mol. The Morgan fingerprint density at radius 1 is 1.04 bits per heavy atom. The molecule has 0 unspecified atom stereocenters. The fourth-order valence-corrected chi connectivity index (χ4v) is 3.20. The number of hydrogen-bond acceptors (Lipinski definition) is 6. The molecule has 2 aromatic carbocycles. The fourth-order valence-electron chi connectivity index (χ4n) is 2.91. The van der Waals surface area contributed by atoms with Crippen molar-refractivity contribution in [2.45, 2.75) is 6.54 Å². The summed E-state index contributed by atoms with van der Waals surface area (Å²) in [6, 6.07) is 10.4. The number of amides is 2. The van der Waals surface area contributed by atoms with Gasteiger partial charge in [-0.05, 0) is 35.4 Å². The Labute approximate surface area is 157 Å². The van der Waals surface area contributed by atoms with Crippen LogP contribution in [0.1, 0.15) is 11.1 Å². The van der Waals surface area contributed by atoms with Gasteiger partial charge in [-0.25, -0.2) is 0 Å². The maximum atomic E-state index is 12.8. The first-order chi connectivity index (χ1) is 13.0. The molecule has 0 bridgehead atoms. The minimum absolute atomic E-state index is 0.0149. The van der Waals surface area contributed by atoms with E-state index in [4.69, 9.17) is 21.1 Å². The minimum atomic E-state index is -0.618. The monoisotopic (exact) mass is 386 g/mol. The molecule has 0 atom stereocenters. The number of imide groups is 1. The van der Waals surface area contributed by atoms with Gasteiger partial charge in [-0.15, -0.1) is 0 Å². The zero-order valence-corrected chi connectivity index (χ0v) is 14.4. The van der Waals surface area contributed by atoms with Crippen molar-refractivity contribution >= 4 is 34.7 Å². The van der Waals surface area contributed by atoms with E-state index in [0.29, 0.717) is 22.6 Å². The SMILES string of the molecule is O=C1C(Cl)=C(c2ccc([N+](=O)[O-])cc2)C(=O)N1Cc1ccc2c(c1)OCO2. The van der Waals surface area contributed by atoms with Gasteiger partial charge >= 0.3 is 0 Å². The van der Waals surface area contributed by atoms with Crippen LogP contribution in [0.4, 0.5) is 5.69 Å². The minimum Gasteiger partial charge on any atom is -0.454 e. The first kappa shape index (κ1) is 17.0. The maximum absolute atomic E-state index is 12.8. The molecule has 8 nitrogen and oxygen atoms in total. The number of non-ortho nitro benzene ring substituents is 1. The second kappa shape index (κ2) is 6.40. The van der Waals surface area contributed by atoms with Gasteiger partial charge in [0.25, 0.3) is 17.5 Å². The van der Waals surface area contributed by atoms with Crippen LogP contribution in [0.15, 0.2) is 47.5 Å². The number of carbonyl (C=O) groups is 2. The number of rotatable bonds is 4. The van der Waals surface area contributed by atoms with Crippen LogP contribution in [0.5, 0.6) is 11.5 Å². The van der Waals surface area contributed by atoms with Gasteiger partial charge in [0.2, 0.25) is 6.79 Å². The number of nitro benzene ring substituents is 1. The fraction of sp³-hybridized carbons (Fsp3) is 0.111. The van der Waals surface area contributed by atoms with Gasteiger partial charge in [-0.3, -0.25) is 24.6 Å². The van der Waals surface area contributed by atoms with Crippen LogP contribution < -0.4 is 9.47 Å². The molecule has 27 heavy (non-hydrogen) atoms. The molecular formula is C18H11ClN2O6. The van der Waals surface area contributed by atoms with E-state index in [1.165, 1.54) is 24.3 Å². The average Bonchev–Trinajstić information content (AvgIpc) is 3.20. The molecule has 2 heterocycles. The molecule has 2 amide bonds. The van der Waals surface area contributed by atoms with Crippen molar-refractivity contribution in [2.24, 2.45) is 0 Å². The lowest BCUT2D eigenvalue weighted by molar-refractivity contribution is -0.384. The molecule has 2 aliphatic heterocycles. The van der Waals surface area contributed by atoms with Gasteiger partial charge < -0.3 is 9.47 Å². The molecule has 2 aliphatic rings. The number of nitrogens with zero attached hydrogens (tertiary/aromatic N) is 2. The van der Waals surface area contributed by atoms with Crippen LogP contribution >= 0.6 is 11.6 Å². The molecule has 9 heteroatoms. The Balaban J connectivity index is 1.60. The summed E-state index contributed by atoms with van der Waals surface area (Å²) in [5, 5.41) is 10.6. The smallest absolute Gasteiger partial charge is 0.273 e. The first-order valence-corrected chi connectivity index (χ1v) is 8.23. The average molecular weight is 387 g/mol. The maximum Gasteiger partial charge on any atom is 0.273 e. The van der Waals surface area contributed by atoms with Crippen molar-refractivity contribution in [1.82, 2.24) is 4.90 Å². The topological polar surface area (TPSA) is 99.0 Å². The number of fused-ring (bicyclic) bond motifs is 1. The zero-order valence-electron chi connectivity index (χ0n) is 13.7. The molecule has 0 saturated heterocycles. The summed E-state index contributed by atoms with van der Waals surface area (Å²) in [4.78, 5) is 36.5. The van der Waals surface area contributed by atoms with Gasteiger partial charge in [0.1, 0.15) is 5.03 Å². The summed E-state index contributed by atoms with van der Waals surface area (Å²) in [5.74, 6) is -0.0361. The lowest BCUT2D eigenvalue weighted by atomic mass is 10.1. The van der Waals surface area contributed by atoms with Crippen molar-refractivity contribution in [3.63, 3.8) is 0 Å². The number of ether oxygens (including phenoxy) is 2. The van der Waals surface area contributed by atoms with E-state index in [9.17, 15) is 19.7 Å². The molecule has 2 aromatic rings. The summed E-state index contributed by atoms with van der Waals surface area (Å²) in [6.07, 6.45) is 0. The van der Waals surface area contributed by atoms with Crippen molar-refractivity contribution in [3.05, 3.63) is 68.7 Å². The third kappa shape index (κ3) is 2.89. The molecule has 0 N–H and O–H groups in total. The van der Waals surface area contributed by atoms with E-state index < -0.39 is 16.7 Å². The van der Waals surface area contributed by atoms with E-state index in [0.717, 1.165) is 4.90 Å². The Kier molecular flexibility index (Phi) is 4.04. The van der Waals surface area contributed by atoms with E-state index in [1.807, 2.05) is 0 Å². The summed E-state index contributed by atoms with van der Waals surface area (Å²) in [5.41, 5.74) is 0.925. The Morgan fingerprint density at radius 3 is 2.44 bits per heavy atom. The van der Waals surface area contributed by atoms with Gasteiger partial charge in [0, 0.05) is 12.1 Å². The van der Waals surface area contributed by atoms with E-state index in [-0.39, 0.29) is 29.6 Å². The number of benzene rings is 2. The Bertz CT molecular complexity index is 1020. The van der Waals surface area contributed by atoms with Crippen LogP contribution in [0, 0.1) is 10.1 Å². The van der Waals surface area contributed by atoms with Crippen molar-refractivity contribution in [1.29, 1.82) is 0 Å². The second-order valence-corrected chi connectivity index (χ2v) is 6.25. The molecule has 136 valence electrons. The highest BCUT2D eigenvalue weighted by Crippen LogP contribution is 2.36. The third-order valence-corrected chi connectivity index (χ3v) is 4.61. The molecule has 0 aliphatic carbocycles. The highest BCUT2D eigenvalue weighted by atomic mass is 35.5. The molecule has 0 radical (unpaired) electrons. The van der Waals surface area contributed by atoms with Crippen LogP contribution in [-0.4, -0.2) is 28.4 Å². The van der Waals surface area contributed by atoms with E-state index >= 15 is 0 Å².